The second-order valence-corrected chi connectivity index (χ2v) is 5.71. The molecule has 122 valence electrons. The Labute approximate surface area is 133 Å². The molecule has 1 aromatic heterocycles. The SMILES string of the molecule is Cc1noc(CN2CCN(Cc3ccc([N+](=O)[O-])cc3)CC2)n1. The Hall–Kier alpha value is -2.32. The number of piperazine rings is 1. The molecule has 0 unspecified atom stereocenters. The average molecular weight is 317 g/mol. The van der Waals surface area contributed by atoms with Crippen LogP contribution in [0.1, 0.15) is 17.3 Å². The fraction of sp³-hybridized carbons (Fsp3) is 0.467. The number of nitro groups is 1. The van der Waals surface area contributed by atoms with Crippen molar-refractivity contribution in [2.24, 2.45) is 0 Å². The van der Waals surface area contributed by atoms with Gasteiger partial charge in [0, 0.05) is 44.9 Å². The monoisotopic (exact) mass is 317 g/mol. The van der Waals surface area contributed by atoms with Crippen molar-refractivity contribution in [3.8, 4) is 0 Å². The normalized spacial score (nSPS) is 16.6. The zero-order chi connectivity index (χ0) is 16.2. The molecule has 0 aliphatic carbocycles. The van der Waals surface area contributed by atoms with E-state index in [1.807, 2.05) is 19.1 Å². The molecule has 23 heavy (non-hydrogen) atoms. The molecule has 1 aromatic carbocycles. The van der Waals surface area contributed by atoms with Crippen LogP contribution < -0.4 is 0 Å². The number of aromatic nitrogens is 2. The maximum absolute atomic E-state index is 10.7. The second kappa shape index (κ2) is 6.84. The van der Waals surface area contributed by atoms with E-state index < -0.39 is 0 Å². The maximum Gasteiger partial charge on any atom is 0.269 e. The summed E-state index contributed by atoms with van der Waals surface area (Å²) in [7, 11) is 0. The molecule has 0 spiro atoms. The lowest BCUT2D eigenvalue weighted by molar-refractivity contribution is -0.384. The van der Waals surface area contributed by atoms with Crippen molar-refractivity contribution in [3.63, 3.8) is 0 Å². The van der Waals surface area contributed by atoms with Crippen molar-refractivity contribution in [1.29, 1.82) is 0 Å². The van der Waals surface area contributed by atoms with Gasteiger partial charge < -0.3 is 4.52 Å². The number of nitro benzene ring substituents is 1. The number of rotatable bonds is 5. The van der Waals surface area contributed by atoms with Crippen LogP contribution in [0.4, 0.5) is 5.69 Å². The molecule has 2 heterocycles. The first-order chi connectivity index (χ1) is 11.1. The van der Waals surface area contributed by atoms with E-state index in [0.717, 1.165) is 38.3 Å². The molecule has 0 bridgehead atoms. The van der Waals surface area contributed by atoms with Gasteiger partial charge in [0.15, 0.2) is 5.82 Å². The number of non-ortho nitro benzene ring substituents is 1. The zero-order valence-electron chi connectivity index (χ0n) is 13.0. The molecule has 2 aromatic rings. The van der Waals surface area contributed by atoms with Crippen LogP contribution in [0, 0.1) is 17.0 Å². The summed E-state index contributed by atoms with van der Waals surface area (Å²) in [5.41, 5.74) is 1.23. The van der Waals surface area contributed by atoms with Crippen molar-refractivity contribution in [2.45, 2.75) is 20.0 Å². The third-order valence-electron chi connectivity index (χ3n) is 3.95. The molecule has 1 aliphatic heterocycles. The predicted molar refractivity (Wildman–Crippen MR) is 82.7 cm³/mol. The third kappa shape index (κ3) is 4.11. The van der Waals surface area contributed by atoms with Gasteiger partial charge in [-0.3, -0.25) is 19.9 Å². The predicted octanol–water partition coefficient (Wildman–Crippen LogP) is 1.60. The van der Waals surface area contributed by atoms with Gasteiger partial charge in [0.05, 0.1) is 11.5 Å². The molecule has 1 fully saturated rings. The first kappa shape index (κ1) is 15.6. The highest BCUT2D eigenvalue weighted by Crippen LogP contribution is 2.15. The summed E-state index contributed by atoms with van der Waals surface area (Å²) < 4.78 is 5.15. The Kier molecular flexibility index (Phi) is 4.63. The van der Waals surface area contributed by atoms with E-state index in [1.165, 1.54) is 0 Å². The maximum atomic E-state index is 10.7. The fourth-order valence-electron chi connectivity index (χ4n) is 2.68. The molecular formula is C15H19N5O3. The quantitative estimate of drug-likeness (QED) is 0.611. The van der Waals surface area contributed by atoms with Gasteiger partial charge in [-0.25, -0.2) is 0 Å². The number of nitrogens with zero attached hydrogens (tertiary/aromatic N) is 5. The van der Waals surface area contributed by atoms with E-state index >= 15 is 0 Å². The summed E-state index contributed by atoms with van der Waals surface area (Å²) in [6, 6.07) is 6.77. The molecule has 0 N–H and O–H groups in total. The molecule has 0 atom stereocenters. The van der Waals surface area contributed by atoms with E-state index in [1.54, 1.807) is 12.1 Å². The topological polar surface area (TPSA) is 88.5 Å². The summed E-state index contributed by atoms with van der Waals surface area (Å²) in [4.78, 5) is 19.1. The number of hydrogen-bond acceptors (Lipinski definition) is 7. The van der Waals surface area contributed by atoms with E-state index in [9.17, 15) is 10.1 Å². The summed E-state index contributed by atoms with van der Waals surface area (Å²) in [6.45, 7) is 7.09. The van der Waals surface area contributed by atoms with Crippen molar-refractivity contribution in [3.05, 3.63) is 51.7 Å². The highest BCUT2D eigenvalue weighted by Gasteiger charge is 2.19. The lowest BCUT2D eigenvalue weighted by atomic mass is 10.2. The molecule has 0 amide bonds. The Morgan fingerprint density at radius 2 is 1.74 bits per heavy atom. The summed E-state index contributed by atoms with van der Waals surface area (Å²) in [5, 5.41) is 14.5. The van der Waals surface area contributed by atoms with E-state index in [2.05, 4.69) is 19.9 Å². The van der Waals surface area contributed by atoms with Crippen molar-refractivity contribution < 1.29 is 9.45 Å². The second-order valence-electron chi connectivity index (χ2n) is 5.71. The van der Waals surface area contributed by atoms with Crippen LogP contribution in [0.3, 0.4) is 0 Å². The molecular weight excluding hydrogens is 298 g/mol. The van der Waals surface area contributed by atoms with Gasteiger partial charge in [0.2, 0.25) is 5.89 Å². The van der Waals surface area contributed by atoms with Gasteiger partial charge in [-0.15, -0.1) is 0 Å². The molecule has 3 rings (SSSR count). The first-order valence-corrected chi connectivity index (χ1v) is 7.57. The van der Waals surface area contributed by atoms with Crippen LogP contribution >= 0.6 is 0 Å². The van der Waals surface area contributed by atoms with Crippen LogP contribution in [-0.2, 0) is 13.1 Å². The Bertz CT molecular complexity index is 662. The molecule has 0 saturated carbocycles. The Balaban J connectivity index is 1.48. The molecule has 0 radical (unpaired) electrons. The summed E-state index contributed by atoms with van der Waals surface area (Å²) in [5.74, 6) is 1.32. The van der Waals surface area contributed by atoms with Crippen molar-refractivity contribution >= 4 is 5.69 Å². The summed E-state index contributed by atoms with van der Waals surface area (Å²) >= 11 is 0. The Morgan fingerprint density at radius 1 is 1.13 bits per heavy atom. The molecule has 8 nitrogen and oxygen atoms in total. The lowest BCUT2D eigenvalue weighted by Gasteiger charge is -2.33. The summed E-state index contributed by atoms with van der Waals surface area (Å²) in [6.07, 6.45) is 0. The highest BCUT2D eigenvalue weighted by atomic mass is 16.6. The van der Waals surface area contributed by atoms with Crippen LogP contribution in [-0.4, -0.2) is 51.0 Å². The van der Waals surface area contributed by atoms with E-state index in [0.29, 0.717) is 18.3 Å². The minimum atomic E-state index is -0.373. The Morgan fingerprint density at radius 3 is 2.26 bits per heavy atom. The van der Waals surface area contributed by atoms with Crippen molar-refractivity contribution in [2.75, 3.05) is 26.2 Å². The van der Waals surface area contributed by atoms with E-state index in [4.69, 9.17) is 4.52 Å². The van der Waals surface area contributed by atoms with Crippen LogP contribution in [0.5, 0.6) is 0 Å². The molecule has 1 saturated heterocycles. The van der Waals surface area contributed by atoms with Crippen LogP contribution in [0.2, 0.25) is 0 Å². The van der Waals surface area contributed by atoms with E-state index in [-0.39, 0.29) is 10.6 Å². The van der Waals surface area contributed by atoms with Gasteiger partial charge >= 0.3 is 0 Å². The van der Waals surface area contributed by atoms with Crippen LogP contribution in [0.15, 0.2) is 28.8 Å². The van der Waals surface area contributed by atoms with Gasteiger partial charge in [-0.2, -0.15) is 4.98 Å². The molecule has 1 aliphatic rings. The first-order valence-electron chi connectivity index (χ1n) is 7.57. The fourth-order valence-corrected chi connectivity index (χ4v) is 2.68. The van der Waals surface area contributed by atoms with Crippen molar-refractivity contribution in [1.82, 2.24) is 19.9 Å². The van der Waals surface area contributed by atoms with Gasteiger partial charge in [-0.1, -0.05) is 17.3 Å². The van der Waals surface area contributed by atoms with Gasteiger partial charge in [0.25, 0.3) is 5.69 Å². The number of aryl methyl sites for hydroxylation is 1. The van der Waals surface area contributed by atoms with Crippen LogP contribution in [0.25, 0.3) is 0 Å². The number of hydrogen-bond donors (Lipinski definition) is 0. The standard InChI is InChI=1S/C15H19N5O3/c1-12-16-15(23-17-12)11-19-8-6-18(7-9-19)10-13-2-4-14(5-3-13)20(21)22/h2-5H,6-11H2,1H3. The minimum absolute atomic E-state index is 0.133. The lowest BCUT2D eigenvalue weighted by Crippen LogP contribution is -2.45. The van der Waals surface area contributed by atoms with Gasteiger partial charge in [-0.05, 0) is 12.5 Å². The van der Waals surface area contributed by atoms with Gasteiger partial charge in [0.1, 0.15) is 0 Å². The zero-order valence-corrected chi connectivity index (χ0v) is 13.0. The average Bonchev–Trinajstić information content (AvgIpc) is 2.95. The largest absolute Gasteiger partial charge is 0.338 e. The highest BCUT2D eigenvalue weighted by molar-refractivity contribution is 5.32. The molecule has 8 heteroatoms. The smallest absolute Gasteiger partial charge is 0.269 e. The third-order valence-corrected chi connectivity index (χ3v) is 3.95. The minimum Gasteiger partial charge on any atom is -0.338 e. The number of benzene rings is 1.